The van der Waals surface area contributed by atoms with Gasteiger partial charge in [-0.1, -0.05) is 0 Å². The zero-order valence-corrected chi connectivity index (χ0v) is 4.55. The topological polar surface area (TPSA) is 23.2 Å². The van der Waals surface area contributed by atoms with Crippen molar-refractivity contribution in [1.82, 2.24) is 0 Å². The highest BCUT2D eigenvalue weighted by Crippen LogP contribution is 1.84. The Bertz CT molecular complexity index is 51.5. The Hall–Kier alpha value is 0.270. The van der Waals surface area contributed by atoms with Crippen molar-refractivity contribution in [3.8, 4) is 0 Å². The minimum Gasteiger partial charge on any atom is -1.00 e. The molecular weight excluding hydrogens is 122 g/mol. The van der Waals surface area contributed by atoms with Crippen LogP contribution in [-0.2, 0) is 4.18 Å². The lowest BCUT2D eigenvalue weighted by atomic mass is 10.8. The first-order valence-corrected chi connectivity index (χ1v) is 2.10. The molecule has 1 heterocycles. The van der Waals surface area contributed by atoms with Crippen LogP contribution in [0.5, 0.6) is 0 Å². The number of hydrogen-bond donors (Lipinski definition) is 1. The Morgan fingerprint density at radius 3 is 2.83 bits per heavy atom. The predicted octanol–water partition coefficient (Wildman–Crippen LogP) is -4.26. The van der Waals surface area contributed by atoms with Gasteiger partial charge in [0.2, 0.25) is 0 Å². The fraction of sp³-hybridized carbons (Fsp3) is 0.500. The van der Waals surface area contributed by atoms with E-state index in [1.54, 1.807) is 0 Å². The van der Waals surface area contributed by atoms with Crippen molar-refractivity contribution >= 4 is 18.4 Å². The molecule has 0 aromatic rings. The molecule has 0 radical (unpaired) electrons. The molecule has 2 nitrogen and oxygen atoms in total. The van der Waals surface area contributed by atoms with Crippen LogP contribution in [0.15, 0.2) is 0 Å². The van der Waals surface area contributed by atoms with Crippen molar-refractivity contribution in [2.24, 2.45) is 0 Å². The van der Waals surface area contributed by atoms with Crippen LogP contribution in [-0.4, -0.2) is 12.8 Å². The fourth-order valence-corrected chi connectivity index (χ4v) is 0.510. The van der Waals surface area contributed by atoms with Crippen LogP contribution >= 0.6 is 12.2 Å². The van der Waals surface area contributed by atoms with E-state index in [-0.39, 0.29) is 12.4 Å². The van der Waals surface area contributed by atoms with Gasteiger partial charge in [-0.2, -0.15) is 4.40 Å². The third-order valence-electron chi connectivity index (χ3n) is 0.342. The number of rotatable bonds is 0. The maximum atomic E-state index is 4.69. The molecule has 1 N–H and O–H groups in total. The second kappa shape index (κ2) is 3.46. The van der Waals surface area contributed by atoms with Gasteiger partial charge in [0.1, 0.15) is 6.61 Å². The van der Waals surface area contributed by atoms with Crippen LogP contribution in [0.25, 0.3) is 0 Å². The number of nitrogens with one attached hydrogen (secondary N) is 1. The molecule has 0 fully saturated rings. The van der Waals surface area contributed by atoms with Gasteiger partial charge in [0.15, 0.2) is 6.21 Å². The second-order valence-corrected chi connectivity index (χ2v) is 1.33. The second-order valence-electron chi connectivity index (χ2n) is 0.690. The highest BCUT2D eigenvalue weighted by molar-refractivity contribution is 7.88. The molecule has 36 valence electrons. The van der Waals surface area contributed by atoms with Gasteiger partial charge in [-0.3, -0.25) is 0 Å². The molecule has 0 spiro atoms. The van der Waals surface area contributed by atoms with Crippen LogP contribution in [0.2, 0.25) is 0 Å². The van der Waals surface area contributed by atoms with Crippen LogP contribution in [0.3, 0.4) is 0 Å². The Labute approximate surface area is 46.7 Å². The average Bonchev–Trinajstić information content (AvgIpc) is 1.76. The molecule has 0 aromatic heterocycles. The summed E-state index contributed by atoms with van der Waals surface area (Å²) in [6.07, 6.45) is 1.85. The van der Waals surface area contributed by atoms with Gasteiger partial charge in [0.05, 0.1) is 0 Å². The van der Waals surface area contributed by atoms with Gasteiger partial charge in [-0.15, -0.1) is 0 Å². The number of halogens is 1. The lowest BCUT2D eigenvalue weighted by molar-refractivity contribution is -0.237. The standard InChI is InChI=1S/C2H3NOS.ClH/c1-2-4-5-3-1;/h1H,2H2;1H. The zero-order chi connectivity index (χ0) is 3.54. The van der Waals surface area contributed by atoms with E-state index in [1.807, 2.05) is 6.21 Å². The van der Waals surface area contributed by atoms with Crippen molar-refractivity contribution in [2.45, 2.75) is 0 Å². The number of hydrogen-bond acceptors (Lipinski definition) is 2. The van der Waals surface area contributed by atoms with E-state index in [1.165, 1.54) is 12.2 Å². The summed E-state index contributed by atoms with van der Waals surface area (Å²) < 4.78 is 7.49. The van der Waals surface area contributed by atoms with Crippen LogP contribution in [0.4, 0.5) is 0 Å². The van der Waals surface area contributed by atoms with Crippen molar-refractivity contribution < 1.29 is 21.0 Å². The van der Waals surface area contributed by atoms with E-state index in [9.17, 15) is 0 Å². The summed E-state index contributed by atoms with van der Waals surface area (Å²) in [7, 11) is 0. The van der Waals surface area contributed by atoms with Crippen molar-refractivity contribution in [1.29, 1.82) is 0 Å². The first kappa shape index (κ1) is 6.27. The van der Waals surface area contributed by atoms with Gasteiger partial charge in [0.25, 0.3) is 0 Å². The molecule has 0 saturated heterocycles. The monoisotopic (exact) mass is 125 g/mol. The highest BCUT2D eigenvalue weighted by Gasteiger charge is 1.96. The van der Waals surface area contributed by atoms with Crippen LogP contribution in [0.1, 0.15) is 0 Å². The Morgan fingerprint density at radius 1 is 1.83 bits per heavy atom. The summed E-state index contributed by atoms with van der Waals surface area (Å²) in [5.41, 5.74) is 0. The summed E-state index contributed by atoms with van der Waals surface area (Å²) in [4.78, 5) is 0. The molecule has 0 aliphatic carbocycles. The minimum atomic E-state index is 0. The molecule has 4 heteroatoms. The first-order valence-electron chi connectivity index (χ1n) is 1.36. The lowest BCUT2D eigenvalue weighted by Gasteiger charge is -1.63. The van der Waals surface area contributed by atoms with Gasteiger partial charge in [-0.25, -0.2) is 4.18 Å². The Morgan fingerprint density at radius 2 is 2.67 bits per heavy atom. The molecule has 6 heavy (non-hydrogen) atoms. The summed E-state index contributed by atoms with van der Waals surface area (Å²) in [6.45, 7) is 0.727. The summed E-state index contributed by atoms with van der Waals surface area (Å²) in [5, 5.41) is 0. The van der Waals surface area contributed by atoms with E-state index in [0.717, 1.165) is 6.61 Å². The first-order chi connectivity index (χ1) is 2.50. The van der Waals surface area contributed by atoms with E-state index < -0.39 is 0 Å². The van der Waals surface area contributed by atoms with Crippen molar-refractivity contribution in [2.75, 3.05) is 6.61 Å². The average molecular weight is 126 g/mol. The van der Waals surface area contributed by atoms with Gasteiger partial charge in [0, 0.05) is 0 Å². The predicted molar refractivity (Wildman–Crippen MR) is 20.6 cm³/mol. The van der Waals surface area contributed by atoms with E-state index in [0.29, 0.717) is 0 Å². The summed E-state index contributed by atoms with van der Waals surface area (Å²) >= 11 is 1.27. The SMILES string of the molecule is C1=[NH+]SOC1.[Cl-]. The molecule has 0 unspecified atom stereocenters. The van der Waals surface area contributed by atoms with Gasteiger partial charge >= 0.3 is 12.2 Å². The molecule has 0 amide bonds. The molecule has 1 rings (SSSR count). The fourth-order valence-electron chi connectivity index (χ4n) is 0.170. The van der Waals surface area contributed by atoms with E-state index in [4.69, 9.17) is 4.18 Å². The molecule has 0 atom stereocenters. The maximum Gasteiger partial charge on any atom is 0.334 e. The molecule has 1 aliphatic rings. The summed E-state index contributed by atoms with van der Waals surface area (Å²) in [5.74, 6) is 0. The third-order valence-corrected chi connectivity index (χ3v) is 0.859. The highest BCUT2D eigenvalue weighted by atomic mass is 35.5. The largest absolute Gasteiger partial charge is 1.00 e. The lowest BCUT2D eigenvalue weighted by Crippen LogP contribution is -3.00. The molecular formula is C2H4ClNOS. The Kier molecular flexibility index (Phi) is 3.62. The third kappa shape index (κ3) is 1.64. The van der Waals surface area contributed by atoms with Crippen molar-refractivity contribution in [3.63, 3.8) is 0 Å². The van der Waals surface area contributed by atoms with E-state index in [2.05, 4.69) is 4.40 Å². The molecule has 0 bridgehead atoms. The maximum absolute atomic E-state index is 4.69. The summed E-state index contributed by atoms with van der Waals surface area (Å²) in [6, 6.07) is 0. The molecule has 1 aliphatic heterocycles. The van der Waals surface area contributed by atoms with Crippen LogP contribution in [0, 0.1) is 0 Å². The van der Waals surface area contributed by atoms with Gasteiger partial charge < -0.3 is 12.4 Å². The normalized spacial score (nSPS) is 17.3. The van der Waals surface area contributed by atoms with Crippen LogP contribution < -0.4 is 16.8 Å². The zero-order valence-electron chi connectivity index (χ0n) is 2.98. The van der Waals surface area contributed by atoms with Gasteiger partial charge in [-0.05, 0) is 0 Å². The smallest absolute Gasteiger partial charge is 0.334 e. The molecule has 0 aromatic carbocycles. The quantitative estimate of drug-likeness (QED) is 0.262. The minimum absolute atomic E-state index is 0. The Balaban J connectivity index is 0.000000250. The molecule has 0 saturated carbocycles. The van der Waals surface area contributed by atoms with E-state index >= 15 is 0 Å². The van der Waals surface area contributed by atoms with Crippen molar-refractivity contribution in [3.05, 3.63) is 0 Å².